The van der Waals surface area contributed by atoms with E-state index in [-0.39, 0.29) is 11.5 Å². The molecular weight excluding hydrogens is 334 g/mol. The Balaban J connectivity index is 1.99. The molecule has 3 aromatic rings. The molecule has 0 amide bonds. The average molecular weight is 351 g/mol. The molecule has 2 aromatic carbocycles. The van der Waals surface area contributed by atoms with Gasteiger partial charge in [-0.15, -0.1) is 5.10 Å². The first-order valence-electron chi connectivity index (χ1n) is 7.97. The zero-order chi connectivity index (χ0) is 18.5. The molecule has 0 aliphatic carbocycles. The maximum atomic E-state index is 11.4. The summed E-state index contributed by atoms with van der Waals surface area (Å²) < 4.78 is 12.1. The molecule has 7 heteroatoms. The Labute approximate surface area is 150 Å². The number of hydrogen-bond donors (Lipinski definition) is 0. The van der Waals surface area contributed by atoms with Crippen LogP contribution in [0.1, 0.15) is 19.4 Å². The van der Waals surface area contributed by atoms with Gasteiger partial charge in [-0.05, 0) is 17.7 Å². The third-order valence-electron chi connectivity index (χ3n) is 3.48. The van der Waals surface area contributed by atoms with Crippen molar-refractivity contribution in [2.24, 2.45) is 0 Å². The number of esters is 2. The van der Waals surface area contributed by atoms with Crippen LogP contribution in [0.2, 0.25) is 0 Å². The third-order valence-corrected chi connectivity index (χ3v) is 3.48. The van der Waals surface area contributed by atoms with Crippen LogP contribution in [0.4, 0.5) is 0 Å². The zero-order valence-electron chi connectivity index (χ0n) is 14.4. The van der Waals surface area contributed by atoms with E-state index in [1.165, 1.54) is 13.8 Å². The minimum atomic E-state index is -0.483. The molecule has 0 aliphatic heterocycles. The van der Waals surface area contributed by atoms with E-state index in [1.54, 1.807) is 29.1 Å². The molecule has 0 aliphatic rings. The maximum Gasteiger partial charge on any atom is 0.308 e. The summed E-state index contributed by atoms with van der Waals surface area (Å²) in [7, 11) is 0. The van der Waals surface area contributed by atoms with Crippen molar-refractivity contribution >= 4 is 11.9 Å². The van der Waals surface area contributed by atoms with E-state index < -0.39 is 11.9 Å². The molecule has 0 saturated heterocycles. The summed E-state index contributed by atoms with van der Waals surface area (Å²) >= 11 is 0. The van der Waals surface area contributed by atoms with Crippen molar-refractivity contribution in [3.05, 3.63) is 60.3 Å². The van der Waals surface area contributed by atoms with Crippen molar-refractivity contribution in [1.29, 1.82) is 0 Å². The summed E-state index contributed by atoms with van der Waals surface area (Å²) in [5, 5.41) is 8.26. The molecule has 3 rings (SSSR count). The van der Waals surface area contributed by atoms with Gasteiger partial charge in [-0.2, -0.15) is 0 Å². The van der Waals surface area contributed by atoms with E-state index >= 15 is 0 Å². The van der Waals surface area contributed by atoms with Crippen molar-refractivity contribution in [2.45, 2.75) is 20.4 Å². The van der Waals surface area contributed by atoms with Gasteiger partial charge in [-0.1, -0.05) is 41.6 Å². The lowest BCUT2D eigenvalue weighted by molar-refractivity contribution is -0.132. The Morgan fingerprint density at radius 2 is 1.54 bits per heavy atom. The van der Waals surface area contributed by atoms with E-state index in [2.05, 4.69) is 10.3 Å². The predicted octanol–water partition coefficient (Wildman–Crippen LogP) is 2.84. The quantitative estimate of drug-likeness (QED) is 0.519. The predicted molar refractivity (Wildman–Crippen MR) is 93.6 cm³/mol. The summed E-state index contributed by atoms with van der Waals surface area (Å²) in [6.07, 6.45) is 1.71. The second kappa shape index (κ2) is 7.60. The van der Waals surface area contributed by atoms with Crippen LogP contribution in [-0.4, -0.2) is 26.9 Å². The van der Waals surface area contributed by atoms with Crippen molar-refractivity contribution < 1.29 is 19.1 Å². The van der Waals surface area contributed by atoms with Crippen molar-refractivity contribution in [2.75, 3.05) is 0 Å². The summed E-state index contributed by atoms with van der Waals surface area (Å²) in [5.74, 6) is -0.461. The van der Waals surface area contributed by atoms with E-state index in [0.717, 1.165) is 5.56 Å². The van der Waals surface area contributed by atoms with Gasteiger partial charge >= 0.3 is 11.9 Å². The number of ether oxygens (including phenoxy) is 2. The molecule has 7 nitrogen and oxygen atoms in total. The highest BCUT2D eigenvalue weighted by molar-refractivity contribution is 5.81. The van der Waals surface area contributed by atoms with Gasteiger partial charge in [0.1, 0.15) is 17.2 Å². The summed E-state index contributed by atoms with van der Waals surface area (Å²) in [6, 6.07) is 14.7. The Hall–Kier alpha value is -3.48. The second-order valence-corrected chi connectivity index (χ2v) is 5.60. The first kappa shape index (κ1) is 17.3. The zero-order valence-corrected chi connectivity index (χ0v) is 14.4. The number of nitrogens with zero attached hydrogens (tertiary/aromatic N) is 3. The van der Waals surface area contributed by atoms with Gasteiger partial charge in [0.25, 0.3) is 0 Å². The van der Waals surface area contributed by atoms with Gasteiger partial charge in [0.15, 0.2) is 0 Å². The molecule has 1 heterocycles. The first-order chi connectivity index (χ1) is 12.5. The average Bonchev–Trinajstić information content (AvgIpc) is 3.03. The molecule has 0 radical (unpaired) electrons. The van der Waals surface area contributed by atoms with Crippen LogP contribution in [0.25, 0.3) is 11.3 Å². The highest BCUT2D eigenvalue weighted by Crippen LogP contribution is 2.37. The molecule has 0 bridgehead atoms. The standard InChI is InChI=1S/C19H17N3O4/c1-13(23)25-17-9-6-10-18(26-14(2)24)19(17)16-12-22(21-20-16)11-15-7-4-3-5-8-15/h3-10,12H,11H2,1-2H3. The fourth-order valence-corrected chi connectivity index (χ4v) is 2.50. The normalized spacial score (nSPS) is 10.4. The number of carbonyl (C=O) groups excluding carboxylic acids is 2. The van der Waals surface area contributed by atoms with Crippen LogP contribution < -0.4 is 9.47 Å². The minimum Gasteiger partial charge on any atom is -0.426 e. The lowest BCUT2D eigenvalue weighted by Gasteiger charge is -2.11. The van der Waals surface area contributed by atoms with E-state index in [0.29, 0.717) is 17.8 Å². The minimum absolute atomic E-state index is 0.253. The van der Waals surface area contributed by atoms with Gasteiger partial charge in [0, 0.05) is 13.8 Å². The topological polar surface area (TPSA) is 83.3 Å². The molecular formula is C19H17N3O4. The Morgan fingerprint density at radius 1 is 0.923 bits per heavy atom. The number of rotatable bonds is 5. The number of benzene rings is 2. The van der Waals surface area contributed by atoms with Gasteiger partial charge < -0.3 is 9.47 Å². The van der Waals surface area contributed by atoms with Crippen molar-refractivity contribution in [3.8, 4) is 22.8 Å². The van der Waals surface area contributed by atoms with Crippen molar-refractivity contribution in [1.82, 2.24) is 15.0 Å². The smallest absolute Gasteiger partial charge is 0.308 e. The molecule has 0 atom stereocenters. The largest absolute Gasteiger partial charge is 0.426 e. The lowest BCUT2D eigenvalue weighted by Crippen LogP contribution is -2.06. The molecule has 1 aromatic heterocycles. The number of carbonyl (C=O) groups is 2. The van der Waals surface area contributed by atoms with Gasteiger partial charge in [-0.3, -0.25) is 9.59 Å². The van der Waals surface area contributed by atoms with Crippen LogP contribution >= 0.6 is 0 Å². The van der Waals surface area contributed by atoms with Gasteiger partial charge in [0.05, 0.1) is 18.3 Å². The molecule has 132 valence electrons. The van der Waals surface area contributed by atoms with Gasteiger partial charge in [0.2, 0.25) is 0 Å². The summed E-state index contributed by atoms with van der Waals surface area (Å²) in [4.78, 5) is 22.8. The third kappa shape index (κ3) is 4.13. The second-order valence-electron chi connectivity index (χ2n) is 5.60. The SMILES string of the molecule is CC(=O)Oc1cccc(OC(C)=O)c1-c1cn(Cc2ccccc2)nn1. The Kier molecular flexibility index (Phi) is 5.07. The number of aromatic nitrogens is 3. The molecule has 0 unspecified atom stereocenters. The van der Waals surface area contributed by atoms with Gasteiger partial charge in [-0.25, -0.2) is 4.68 Å². The highest BCUT2D eigenvalue weighted by atomic mass is 16.5. The Morgan fingerprint density at radius 3 is 2.12 bits per heavy atom. The van der Waals surface area contributed by atoms with Crippen LogP contribution in [0.15, 0.2) is 54.7 Å². The van der Waals surface area contributed by atoms with Crippen LogP contribution in [-0.2, 0) is 16.1 Å². The van der Waals surface area contributed by atoms with E-state index in [4.69, 9.17) is 9.47 Å². The molecule has 0 N–H and O–H groups in total. The van der Waals surface area contributed by atoms with Crippen LogP contribution in [0.3, 0.4) is 0 Å². The monoisotopic (exact) mass is 351 g/mol. The molecule has 0 spiro atoms. The maximum absolute atomic E-state index is 11.4. The van der Waals surface area contributed by atoms with Crippen LogP contribution in [0.5, 0.6) is 11.5 Å². The molecule has 0 saturated carbocycles. The number of hydrogen-bond acceptors (Lipinski definition) is 6. The first-order valence-corrected chi connectivity index (χ1v) is 7.97. The van der Waals surface area contributed by atoms with E-state index in [9.17, 15) is 9.59 Å². The fourth-order valence-electron chi connectivity index (χ4n) is 2.50. The fraction of sp³-hybridized carbons (Fsp3) is 0.158. The summed E-state index contributed by atoms with van der Waals surface area (Å²) in [6.45, 7) is 3.13. The lowest BCUT2D eigenvalue weighted by atomic mass is 10.1. The summed E-state index contributed by atoms with van der Waals surface area (Å²) in [5.41, 5.74) is 1.91. The Bertz CT molecular complexity index is 901. The molecule has 26 heavy (non-hydrogen) atoms. The van der Waals surface area contributed by atoms with Crippen molar-refractivity contribution in [3.63, 3.8) is 0 Å². The highest BCUT2D eigenvalue weighted by Gasteiger charge is 2.19. The van der Waals surface area contributed by atoms with E-state index in [1.807, 2.05) is 30.3 Å². The van der Waals surface area contributed by atoms with Crippen LogP contribution in [0, 0.1) is 0 Å². The molecule has 0 fully saturated rings.